The van der Waals surface area contributed by atoms with E-state index in [9.17, 15) is 9.59 Å². The summed E-state index contributed by atoms with van der Waals surface area (Å²) in [5.74, 6) is -0.374. The molecule has 140 valence electrons. The molecule has 2 aliphatic heterocycles. The van der Waals surface area contributed by atoms with Gasteiger partial charge in [0.1, 0.15) is 6.04 Å². The molecule has 0 bridgehead atoms. The molecule has 0 aromatic heterocycles. The van der Waals surface area contributed by atoms with Crippen LogP contribution in [0.3, 0.4) is 0 Å². The summed E-state index contributed by atoms with van der Waals surface area (Å²) in [5, 5.41) is 7.40. The molecule has 3 rings (SSSR count). The van der Waals surface area contributed by atoms with Crippen LogP contribution in [0.5, 0.6) is 0 Å². The zero-order valence-electron chi connectivity index (χ0n) is 15.0. The molecule has 0 unspecified atom stereocenters. The van der Waals surface area contributed by atoms with E-state index in [0.717, 1.165) is 18.7 Å². The monoisotopic (exact) mass is 379 g/mol. The second kappa shape index (κ2) is 8.05. The highest BCUT2D eigenvalue weighted by molar-refractivity contribution is 6.30. The number of benzene rings is 1. The highest BCUT2D eigenvalue weighted by Crippen LogP contribution is 2.19. The molecule has 2 N–H and O–H groups in total. The average molecular weight is 380 g/mol. The molecular weight excluding hydrogens is 356 g/mol. The van der Waals surface area contributed by atoms with Gasteiger partial charge < -0.3 is 20.0 Å². The fourth-order valence-electron chi connectivity index (χ4n) is 3.08. The molecule has 2 amide bonds. The molecule has 1 saturated heterocycles. The number of oxime groups is 1. The molecule has 7 nitrogen and oxygen atoms in total. The van der Waals surface area contributed by atoms with Crippen molar-refractivity contribution < 1.29 is 19.3 Å². The summed E-state index contributed by atoms with van der Waals surface area (Å²) in [5.41, 5.74) is 1.57. The molecule has 2 aliphatic rings. The van der Waals surface area contributed by atoms with Gasteiger partial charge in [-0.1, -0.05) is 28.9 Å². The van der Waals surface area contributed by atoms with Crippen molar-refractivity contribution >= 4 is 29.1 Å². The van der Waals surface area contributed by atoms with Crippen LogP contribution in [0.2, 0.25) is 5.02 Å². The number of rotatable bonds is 4. The van der Waals surface area contributed by atoms with Gasteiger partial charge in [-0.3, -0.25) is 9.59 Å². The van der Waals surface area contributed by atoms with Gasteiger partial charge in [-0.15, -0.1) is 0 Å². The third-order valence-electron chi connectivity index (χ3n) is 4.80. The minimum Gasteiger partial charge on any atom is -0.382 e. The molecule has 1 fully saturated rings. The lowest BCUT2D eigenvalue weighted by Gasteiger charge is -2.32. The van der Waals surface area contributed by atoms with Crippen LogP contribution in [0.25, 0.3) is 0 Å². The van der Waals surface area contributed by atoms with Crippen LogP contribution in [0, 0.1) is 0 Å². The van der Waals surface area contributed by atoms with Crippen LogP contribution in [-0.4, -0.2) is 67.8 Å². The first kappa shape index (κ1) is 18.7. The van der Waals surface area contributed by atoms with Crippen molar-refractivity contribution in [2.45, 2.75) is 25.5 Å². The van der Waals surface area contributed by atoms with E-state index in [2.05, 4.69) is 17.5 Å². The van der Waals surface area contributed by atoms with Crippen molar-refractivity contribution in [2.75, 3.05) is 33.2 Å². The van der Waals surface area contributed by atoms with E-state index in [1.54, 1.807) is 19.1 Å². The van der Waals surface area contributed by atoms with Gasteiger partial charge in [-0.05, 0) is 24.6 Å². The highest BCUT2D eigenvalue weighted by Gasteiger charge is 2.32. The van der Waals surface area contributed by atoms with E-state index >= 15 is 0 Å². The Labute approximate surface area is 157 Å². The number of quaternary nitrogens is 1. The number of nitrogens with zero attached hydrogens (tertiary/aromatic N) is 2. The van der Waals surface area contributed by atoms with Crippen LogP contribution in [-0.2, 0) is 14.4 Å². The molecule has 2 heterocycles. The summed E-state index contributed by atoms with van der Waals surface area (Å²) >= 11 is 5.88. The number of piperazine rings is 1. The largest absolute Gasteiger partial charge is 0.382 e. The van der Waals surface area contributed by atoms with E-state index < -0.39 is 12.1 Å². The highest BCUT2D eigenvalue weighted by atomic mass is 35.5. The van der Waals surface area contributed by atoms with Crippen LogP contribution < -0.4 is 10.2 Å². The third-order valence-corrected chi connectivity index (χ3v) is 5.05. The maximum Gasteiger partial charge on any atom is 0.264 e. The molecule has 1 aromatic carbocycles. The topological polar surface area (TPSA) is 75.4 Å². The number of carbonyl (C=O) groups excluding carboxylic acids is 2. The molecule has 1 aromatic rings. The standard InChI is InChI=1S/C18H23ClN4O3/c1-12(18(25)23-9-7-22(2)8-10-23)20-17(24)16-11-15(21-26-16)13-3-5-14(19)6-4-13/h3-6,12,16H,7-11H2,1-2H3,(H,20,24)/p+1/t12-,16+/m0/s1. The van der Waals surface area contributed by atoms with Gasteiger partial charge in [0.25, 0.3) is 5.91 Å². The number of nitrogens with one attached hydrogen (secondary N) is 2. The minimum absolute atomic E-state index is 0.0531. The van der Waals surface area contributed by atoms with Crippen molar-refractivity contribution in [3.05, 3.63) is 34.9 Å². The normalized spacial score (nSPS) is 21.7. The summed E-state index contributed by atoms with van der Waals surface area (Å²) in [6.45, 7) is 5.00. The maximum absolute atomic E-state index is 12.5. The van der Waals surface area contributed by atoms with E-state index in [1.165, 1.54) is 4.90 Å². The molecular formula is C18H24ClN4O3+. The van der Waals surface area contributed by atoms with Crippen LogP contribution in [0.4, 0.5) is 0 Å². The summed E-state index contributed by atoms with van der Waals surface area (Å²) < 4.78 is 0. The zero-order valence-corrected chi connectivity index (χ0v) is 15.8. The van der Waals surface area contributed by atoms with Gasteiger partial charge >= 0.3 is 0 Å². The van der Waals surface area contributed by atoms with Crippen molar-refractivity contribution in [3.8, 4) is 0 Å². The van der Waals surface area contributed by atoms with Crippen molar-refractivity contribution in [2.24, 2.45) is 5.16 Å². The van der Waals surface area contributed by atoms with Gasteiger partial charge in [-0.2, -0.15) is 0 Å². The molecule has 0 aliphatic carbocycles. The number of hydrogen-bond acceptors (Lipinski definition) is 4. The van der Waals surface area contributed by atoms with E-state index in [1.807, 2.05) is 17.0 Å². The minimum atomic E-state index is -0.715. The lowest BCUT2D eigenvalue weighted by atomic mass is 10.0. The number of carbonyl (C=O) groups is 2. The maximum atomic E-state index is 12.5. The second-order valence-electron chi connectivity index (χ2n) is 6.86. The molecule has 8 heteroatoms. The molecule has 0 spiro atoms. The smallest absolute Gasteiger partial charge is 0.264 e. The number of halogens is 1. The average Bonchev–Trinajstić information content (AvgIpc) is 3.12. The van der Waals surface area contributed by atoms with E-state index in [4.69, 9.17) is 16.4 Å². The lowest BCUT2D eigenvalue weighted by molar-refractivity contribution is -0.883. The summed E-state index contributed by atoms with van der Waals surface area (Å²) in [6.07, 6.45) is -0.348. The zero-order chi connectivity index (χ0) is 18.7. The molecule has 2 atom stereocenters. The first-order chi connectivity index (χ1) is 12.4. The number of likely N-dealkylation sites (N-methyl/N-ethyl adjacent to an activating group) is 1. The summed E-state index contributed by atoms with van der Waals surface area (Å²) in [4.78, 5) is 33.4. The number of amides is 2. The second-order valence-corrected chi connectivity index (χ2v) is 7.29. The quantitative estimate of drug-likeness (QED) is 0.754. The Balaban J connectivity index is 1.51. The Morgan fingerprint density at radius 1 is 1.31 bits per heavy atom. The predicted octanol–water partition coefficient (Wildman–Crippen LogP) is -0.305. The van der Waals surface area contributed by atoms with E-state index in [0.29, 0.717) is 30.2 Å². The lowest BCUT2D eigenvalue weighted by Crippen LogP contribution is -3.12. The fraction of sp³-hybridized carbons (Fsp3) is 0.500. The van der Waals surface area contributed by atoms with Gasteiger partial charge in [0.2, 0.25) is 12.0 Å². The van der Waals surface area contributed by atoms with Gasteiger partial charge in [0.05, 0.1) is 38.9 Å². The van der Waals surface area contributed by atoms with Crippen molar-refractivity contribution in [1.82, 2.24) is 10.2 Å². The van der Waals surface area contributed by atoms with Crippen LogP contribution in [0.15, 0.2) is 29.4 Å². The Bertz CT molecular complexity index is 699. The summed E-state index contributed by atoms with van der Waals surface area (Å²) in [6, 6.07) is 6.64. The Morgan fingerprint density at radius 2 is 1.96 bits per heavy atom. The van der Waals surface area contributed by atoms with E-state index in [-0.39, 0.29) is 11.8 Å². The van der Waals surface area contributed by atoms with Crippen LogP contribution in [0.1, 0.15) is 18.9 Å². The SMILES string of the molecule is C[C@H](NC(=O)[C@H]1CC(c2ccc(Cl)cc2)=NO1)C(=O)N1CC[NH+](C)CC1. The predicted molar refractivity (Wildman–Crippen MR) is 98.3 cm³/mol. The summed E-state index contributed by atoms with van der Waals surface area (Å²) in [7, 11) is 2.11. The molecule has 0 radical (unpaired) electrons. The van der Waals surface area contributed by atoms with Crippen LogP contribution >= 0.6 is 11.6 Å². The number of hydrogen-bond donors (Lipinski definition) is 2. The fourth-order valence-corrected chi connectivity index (χ4v) is 3.21. The third kappa shape index (κ3) is 4.34. The van der Waals surface area contributed by atoms with Crippen molar-refractivity contribution in [1.29, 1.82) is 0 Å². The Morgan fingerprint density at radius 3 is 2.62 bits per heavy atom. The van der Waals surface area contributed by atoms with Gasteiger partial charge in [-0.25, -0.2) is 0 Å². The molecule has 26 heavy (non-hydrogen) atoms. The Kier molecular flexibility index (Phi) is 5.78. The first-order valence-electron chi connectivity index (χ1n) is 8.83. The van der Waals surface area contributed by atoms with Gasteiger partial charge in [0, 0.05) is 11.4 Å². The first-order valence-corrected chi connectivity index (χ1v) is 9.21. The van der Waals surface area contributed by atoms with Gasteiger partial charge in [0.15, 0.2) is 0 Å². The van der Waals surface area contributed by atoms with Crippen molar-refractivity contribution in [3.63, 3.8) is 0 Å². The molecule has 0 saturated carbocycles. The Hall–Kier alpha value is -2.12.